The number of benzene rings is 2. The van der Waals surface area contributed by atoms with Gasteiger partial charge in [0.1, 0.15) is 6.04 Å². The van der Waals surface area contributed by atoms with Crippen LogP contribution in [-0.4, -0.2) is 40.6 Å². The quantitative estimate of drug-likeness (QED) is 0.219. The van der Waals surface area contributed by atoms with Crippen LogP contribution in [0.2, 0.25) is 0 Å². The highest BCUT2D eigenvalue weighted by molar-refractivity contribution is 9.10. The van der Waals surface area contributed by atoms with Gasteiger partial charge in [-0.05, 0) is 78.0 Å². The average Bonchev–Trinajstić information content (AvgIpc) is 3.27. The van der Waals surface area contributed by atoms with E-state index >= 15 is 0 Å². The molecule has 0 radical (unpaired) electrons. The SMILES string of the molecule is CCCCSc1nc2n(n1)C(c1cc(Br)c(OC)c(OC)c1)C(C(=O)Nc1cccc(C)c1C)=C(C)N2. The zero-order valence-electron chi connectivity index (χ0n) is 21.9. The molecule has 1 aliphatic rings. The number of thioether (sulfide) groups is 1. The molecule has 0 aliphatic carbocycles. The number of halogens is 1. The Balaban J connectivity index is 1.82. The maximum atomic E-state index is 13.9. The minimum Gasteiger partial charge on any atom is -0.493 e. The fourth-order valence-electron chi connectivity index (χ4n) is 4.27. The Morgan fingerprint density at radius 1 is 1.22 bits per heavy atom. The van der Waals surface area contributed by atoms with Crippen LogP contribution in [0.25, 0.3) is 0 Å². The van der Waals surface area contributed by atoms with Gasteiger partial charge in [-0.2, -0.15) is 4.98 Å². The summed E-state index contributed by atoms with van der Waals surface area (Å²) >= 11 is 5.22. The second-order valence-electron chi connectivity index (χ2n) is 8.87. The highest BCUT2D eigenvalue weighted by atomic mass is 79.9. The molecule has 1 unspecified atom stereocenters. The fourth-order valence-corrected chi connectivity index (χ4v) is 5.81. The number of fused-ring (bicyclic) bond motifs is 1. The van der Waals surface area contributed by atoms with Crippen LogP contribution < -0.4 is 20.1 Å². The van der Waals surface area contributed by atoms with E-state index in [2.05, 4.69) is 33.5 Å². The van der Waals surface area contributed by atoms with E-state index in [1.165, 1.54) is 0 Å². The predicted molar refractivity (Wildman–Crippen MR) is 152 cm³/mol. The number of nitrogens with zero attached hydrogens (tertiary/aromatic N) is 3. The lowest BCUT2D eigenvalue weighted by Gasteiger charge is -2.29. The molecule has 10 heteroatoms. The van der Waals surface area contributed by atoms with Gasteiger partial charge in [0, 0.05) is 17.1 Å². The van der Waals surface area contributed by atoms with Gasteiger partial charge in [0.25, 0.3) is 5.91 Å². The molecule has 1 aromatic heterocycles. The molecule has 0 spiro atoms. The van der Waals surface area contributed by atoms with Crippen molar-refractivity contribution in [3.63, 3.8) is 0 Å². The number of aryl methyl sites for hydroxylation is 1. The fraction of sp³-hybridized carbons (Fsp3) is 0.370. The van der Waals surface area contributed by atoms with Gasteiger partial charge in [0.15, 0.2) is 11.5 Å². The zero-order chi connectivity index (χ0) is 26.7. The summed E-state index contributed by atoms with van der Waals surface area (Å²) < 4.78 is 13.6. The zero-order valence-corrected chi connectivity index (χ0v) is 24.3. The maximum Gasteiger partial charge on any atom is 0.255 e. The van der Waals surface area contributed by atoms with Crippen LogP contribution in [0.3, 0.4) is 0 Å². The third kappa shape index (κ3) is 5.50. The minimum atomic E-state index is -0.537. The van der Waals surface area contributed by atoms with Crippen LogP contribution in [-0.2, 0) is 4.79 Å². The monoisotopic (exact) mass is 585 g/mol. The maximum absolute atomic E-state index is 13.9. The normalized spacial score (nSPS) is 14.7. The summed E-state index contributed by atoms with van der Waals surface area (Å²) in [7, 11) is 3.18. The van der Waals surface area contributed by atoms with E-state index in [1.807, 2.05) is 51.1 Å². The van der Waals surface area contributed by atoms with Crippen LogP contribution in [0.4, 0.5) is 11.6 Å². The lowest BCUT2D eigenvalue weighted by Crippen LogP contribution is -2.31. The first-order valence-electron chi connectivity index (χ1n) is 12.1. The molecule has 2 aromatic carbocycles. The summed E-state index contributed by atoms with van der Waals surface area (Å²) in [5, 5.41) is 11.9. The molecule has 8 nitrogen and oxygen atoms in total. The standard InChI is InChI=1S/C27H32BrN5O3S/c1-7-8-12-37-27-31-26-29-17(4)22(25(34)30-20-11-9-10-15(2)16(20)3)23(33(26)32-27)18-13-19(28)24(36-6)21(14-18)35-5/h9-11,13-14,23H,7-8,12H2,1-6H3,(H,30,34)(H,29,31,32). The number of carbonyl (C=O) groups is 1. The lowest BCUT2D eigenvalue weighted by atomic mass is 9.94. The molecule has 196 valence electrons. The van der Waals surface area contributed by atoms with Crippen LogP contribution in [0.5, 0.6) is 11.5 Å². The topological polar surface area (TPSA) is 90.3 Å². The number of unbranched alkanes of at least 4 members (excludes halogenated alkanes) is 1. The number of rotatable bonds is 9. The molecule has 3 aromatic rings. The molecule has 0 fully saturated rings. The summed E-state index contributed by atoms with van der Waals surface area (Å²) in [5.41, 5.74) is 4.98. The average molecular weight is 587 g/mol. The largest absolute Gasteiger partial charge is 0.493 e. The van der Waals surface area contributed by atoms with Gasteiger partial charge >= 0.3 is 0 Å². The van der Waals surface area contributed by atoms with Crippen molar-refractivity contribution in [2.45, 2.75) is 51.7 Å². The molecule has 0 bridgehead atoms. The Hall–Kier alpha value is -2.98. The number of ether oxygens (including phenoxy) is 2. The van der Waals surface area contributed by atoms with Crippen molar-refractivity contribution < 1.29 is 14.3 Å². The van der Waals surface area contributed by atoms with Gasteiger partial charge < -0.3 is 20.1 Å². The molecule has 1 atom stereocenters. The molecular weight excluding hydrogens is 554 g/mol. The molecular formula is C27H32BrN5O3S. The number of anilines is 2. The Labute approximate surface area is 230 Å². The van der Waals surface area contributed by atoms with Gasteiger partial charge in [-0.3, -0.25) is 4.79 Å². The van der Waals surface area contributed by atoms with E-state index in [1.54, 1.807) is 30.7 Å². The first-order chi connectivity index (χ1) is 17.8. The number of allylic oxidation sites excluding steroid dienone is 1. The number of aromatic nitrogens is 3. The van der Waals surface area contributed by atoms with E-state index in [0.717, 1.165) is 41.0 Å². The van der Waals surface area contributed by atoms with Crippen molar-refractivity contribution in [2.75, 3.05) is 30.6 Å². The summed E-state index contributed by atoms with van der Waals surface area (Å²) in [5.74, 6) is 2.44. The van der Waals surface area contributed by atoms with Crippen LogP contribution >= 0.6 is 27.7 Å². The van der Waals surface area contributed by atoms with Crippen LogP contribution in [0, 0.1) is 13.8 Å². The van der Waals surface area contributed by atoms with E-state index < -0.39 is 6.04 Å². The molecule has 37 heavy (non-hydrogen) atoms. The molecule has 0 saturated heterocycles. The lowest BCUT2D eigenvalue weighted by molar-refractivity contribution is -0.113. The van der Waals surface area contributed by atoms with E-state index in [9.17, 15) is 4.79 Å². The van der Waals surface area contributed by atoms with Crippen molar-refractivity contribution in [3.05, 3.63) is 62.8 Å². The third-order valence-corrected chi connectivity index (χ3v) is 7.94. The first kappa shape index (κ1) is 27.1. The molecule has 1 aliphatic heterocycles. The van der Waals surface area contributed by atoms with Crippen molar-refractivity contribution >= 4 is 45.2 Å². The van der Waals surface area contributed by atoms with Gasteiger partial charge in [-0.15, -0.1) is 5.10 Å². The highest BCUT2D eigenvalue weighted by Crippen LogP contribution is 2.43. The Morgan fingerprint density at radius 2 is 2.00 bits per heavy atom. The summed E-state index contributed by atoms with van der Waals surface area (Å²) in [4.78, 5) is 18.6. The van der Waals surface area contributed by atoms with Crippen molar-refractivity contribution in [2.24, 2.45) is 0 Å². The Bertz CT molecular complexity index is 1350. The van der Waals surface area contributed by atoms with Crippen molar-refractivity contribution in [3.8, 4) is 11.5 Å². The second-order valence-corrected chi connectivity index (χ2v) is 10.8. The molecule has 1 amide bonds. The summed E-state index contributed by atoms with van der Waals surface area (Å²) in [6.45, 7) is 8.08. The summed E-state index contributed by atoms with van der Waals surface area (Å²) in [6.07, 6.45) is 2.18. The second kappa shape index (κ2) is 11.6. The minimum absolute atomic E-state index is 0.212. The van der Waals surface area contributed by atoms with Gasteiger partial charge in [0.2, 0.25) is 11.1 Å². The van der Waals surface area contributed by atoms with Gasteiger partial charge in [0.05, 0.1) is 24.3 Å². The number of methoxy groups -OCH3 is 2. The Morgan fingerprint density at radius 3 is 2.70 bits per heavy atom. The van der Waals surface area contributed by atoms with Crippen LogP contribution in [0.15, 0.2) is 51.2 Å². The molecule has 2 N–H and O–H groups in total. The van der Waals surface area contributed by atoms with E-state index in [-0.39, 0.29) is 5.91 Å². The number of amides is 1. The first-order valence-corrected chi connectivity index (χ1v) is 13.9. The summed E-state index contributed by atoms with van der Waals surface area (Å²) in [6, 6.07) is 9.17. The van der Waals surface area contributed by atoms with E-state index in [0.29, 0.717) is 38.3 Å². The number of carbonyl (C=O) groups excluding carboxylic acids is 1. The number of hydrogen-bond donors (Lipinski definition) is 2. The highest BCUT2D eigenvalue weighted by Gasteiger charge is 2.35. The molecule has 2 heterocycles. The number of nitrogens with one attached hydrogen (secondary N) is 2. The predicted octanol–water partition coefficient (Wildman–Crippen LogP) is 6.49. The van der Waals surface area contributed by atoms with Crippen molar-refractivity contribution in [1.29, 1.82) is 0 Å². The molecule has 0 saturated carbocycles. The number of hydrogen-bond acceptors (Lipinski definition) is 7. The van der Waals surface area contributed by atoms with Gasteiger partial charge in [-0.25, -0.2) is 4.68 Å². The van der Waals surface area contributed by atoms with E-state index in [4.69, 9.17) is 19.6 Å². The molecule has 4 rings (SSSR count). The van der Waals surface area contributed by atoms with Crippen molar-refractivity contribution in [1.82, 2.24) is 14.8 Å². The third-order valence-electron chi connectivity index (χ3n) is 6.43. The van der Waals surface area contributed by atoms with Crippen LogP contribution in [0.1, 0.15) is 49.4 Å². The Kier molecular flexibility index (Phi) is 8.49. The smallest absolute Gasteiger partial charge is 0.255 e. The van der Waals surface area contributed by atoms with Gasteiger partial charge in [-0.1, -0.05) is 37.2 Å².